The van der Waals surface area contributed by atoms with E-state index in [9.17, 15) is 4.39 Å². The molecule has 0 aromatic heterocycles. The summed E-state index contributed by atoms with van der Waals surface area (Å²) in [6.07, 6.45) is 22.0. The van der Waals surface area contributed by atoms with Crippen LogP contribution in [-0.4, -0.2) is 0 Å². The molecule has 2 heteroatoms. The third-order valence-electron chi connectivity index (χ3n) is 6.07. The van der Waals surface area contributed by atoms with Crippen LogP contribution in [0.2, 0.25) is 0 Å². The van der Waals surface area contributed by atoms with E-state index in [1.807, 2.05) is 0 Å². The van der Waals surface area contributed by atoms with Crippen molar-refractivity contribution in [3.63, 3.8) is 0 Å². The van der Waals surface area contributed by atoms with E-state index >= 15 is 0 Å². The first-order valence-corrected chi connectivity index (χ1v) is 10.2. The van der Waals surface area contributed by atoms with E-state index in [-0.39, 0.29) is 5.92 Å². The molecule has 0 radical (unpaired) electrons. The molecule has 0 aromatic rings. The molecule has 2 rings (SSSR count). The molecule has 0 spiro atoms. The van der Waals surface area contributed by atoms with Gasteiger partial charge in [0.25, 0.3) is 0 Å². The van der Waals surface area contributed by atoms with Crippen molar-refractivity contribution in [2.75, 3.05) is 0 Å². The van der Waals surface area contributed by atoms with Crippen molar-refractivity contribution in [2.45, 2.75) is 84.0 Å². The van der Waals surface area contributed by atoms with E-state index < -0.39 is 5.83 Å². The summed E-state index contributed by atoms with van der Waals surface area (Å²) < 4.78 is 13.0. The van der Waals surface area contributed by atoms with E-state index in [0.717, 1.165) is 37.5 Å². The molecule has 0 heterocycles. The number of allylic oxidation sites excluding steroid dienone is 4. The zero-order valence-corrected chi connectivity index (χ0v) is 15.4. The normalized spacial score (nSPS) is 32.0. The van der Waals surface area contributed by atoms with Gasteiger partial charge in [-0.2, -0.15) is 9.65 Å². The summed E-state index contributed by atoms with van der Waals surface area (Å²) in [7, 11) is 0. The molecular weight excluding hydrogens is 297 g/mol. The Morgan fingerprint density at radius 1 is 0.917 bits per heavy atom. The lowest BCUT2D eigenvalue weighted by atomic mass is 9.78. The quantitative estimate of drug-likeness (QED) is 0.277. The van der Waals surface area contributed by atoms with Crippen LogP contribution in [0.5, 0.6) is 0 Å². The van der Waals surface area contributed by atoms with Gasteiger partial charge in [-0.3, -0.25) is 0 Å². The SMILES string of the molecule is CCCCCC1CCC(C=CC2CCC(C=C(F)C#N)CC2)CC1. The Morgan fingerprint density at radius 2 is 1.46 bits per heavy atom. The number of nitriles is 1. The second-order valence-electron chi connectivity index (χ2n) is 7.96. The summed E-state index contributed by atoms with van der Waals surface area (Å²) in [5, 5.41) is 8.52. The second kappa shape index (κ2) is 10.7. The highest BCUT2D eigenvalue weighted by atomic mass is 19.1. The Hall–Kier alpha value is -1.10. The van der Waals surface area contributed by atoms with E-state index in [2.05, 4.69) is 19.1 Å². The highest BCUT2D eigenvalue weighted by Gasteiger charge is 2.21. The smallest absolute Gasteiger partial charge is 0.195 e. The molecule has 2 saturated carbocycles. The topological polar surface area (TPSA) is 23.8 Å². The van der Waals surface area contributed by atoms with Crippen LogP contribution in [0.1, 0.15) is 84.0 Å². The van der Waals surface area contributed by atoms with Crippen LogP contribution in [0, 0.1) is 35.0 Å². The maximum absolute atomic E-state index is 13.0. The van der Waals surface area contributed by atoms with Gasteiger partial charge in [-0.15, -0.1) is 0 Å². The highest BCUT2D eigenvalue weighted by Crippen LogP contribution is 2.35. The van der Waals surface area contributed by atoms with Crippen molar-refractivity contribution >= 4 is 0 Å². The van der Waals surface area contributed by atoms with Crippen molar-refractivity contribution in [1.82, 2.24) is 0 Å². The molecular formula is C22H34FN. The number of hydrogen-bond donors (Lipinski definition) is 0. The van der Waals surface area contributed by atoms with Crippen LogP contribution in [-0.2, 0) is 0 Å². The standard InChI is InChI=1S/C22H34FN/c1-2-3-4-5-18-6-8-19(9-7-18)10-11-20-12-14-21(15-13-20)16-22(23)17-24/h10-11,16,18-21H,2-9,12-15H2,1H3. The molecule has 24 heavy (non-hydrogen) atoms. The van der Waals surface area contributed by atoms with E-state index in [4.69, 9.17) is 5.26 Å². The van der Waals surface area contributed by atoms with Gasteiger partial charge < -0.3 is 0 Å². The van der Waals surface area contributed by atoms with Crippen LogP contribution in [0.3, 0.4) is 0 Å². The molecule has 0 bridgehead atoms. The minimum absolute atomic E-state index is 0.271. The van der Waals surface area contributed by atoms with Gasteiger partial charge in [-0.05, 0) is 81.1 Å². The fraction of sp³-hybridized carbons (Fsp3) is 0.773. The zero-order chi connectivity index (χ0) is 17.2. The van der Waals surface area contributed by atoms with Crippen molar-refractivity contribution in [3.05, 3.63) is 24.1 Å². The number of halogens is 1. The molecule has 2 aliphatic rings. The van der Waals surface area contributed by atoms with E-state index in [1.165, 1.54) is 57.4 Å². The van der Waals surface area contributed by atoms with Gasteiger partial charge in [0, 0.05) is 0 Å². The van der Waals surface area contributed by atoms with Crippen LogP contribution in [0.4, 0.5) is 4.39 Å². The van der Waals surface area contributed by atoms with Crippen molar-refractivity contribution < 1.29 is 4.39 Å². The Kier molecular flexibility index (Phi) is 8.57. The fourth-order valence-electron chi connectivity index (χ4n) is 4.41. The van der Waals surface area contributed by atoms with Gasteiger partial charge in [-0.1, -0.05) is 44.8 Å². The van der Waals surface area contributed by atoms with Crippen LogP contribution in [0.25, 0.3) is 0 Å². The Bertz CT molecular complexity index is 443. The minimum atomic E-state index is -0.607. The molecule has 1 nitrogen and oxygen atoms in total. The summed E-state index contributed by atoms with van der Waals surface area (Å²) in [5.41, 5.74) is 0. The number of rotatable bonds is 7. The lowest BCUT2D eigenvalue weighted by Crippen LogP contribution is -2.14. The van der Waals surface area contributed by atoms with E-state index in [0.29, 0.717) is 5.92 Å². The molecule has 0 aliphatic heterocycles. The molecule has 2 fully saturated rings. The van der Waals surface area contributed by atoms with Crippen molar-refractivity contribution in [2.24, 2.45) is 23.7 Å². The van der Waals surface area contributed by atoms with Gasteiger partial charge >= 0.3 is 0 Å². The summed E-state index contributed by atoms with van der Waals surface area (Å²) in [6, 6.07) is 1.59. The van der Waals surface area contributed by atoms with Crippen LogP contribution in [0.15, 0.2) is 24.1 Å². The summed E-state index contributed by atoms with van der Waals surface area (Å²) >= 11 is 0. The average molecular weight is 332 g/mol. The molecule has 0 saturated heterocycles. The third kappa shape index (κ3) is 6.80. The summed E-state index contributed by atoms with van der Waals surface area (Å²) in [4.78, 5) is 0. The van der Waals surface area contributed by atoms with Gasteiger partial charge in [-0.25, -0.2) is 0 Å². The molecule has 0 N–H and O–H groups in total. The molecule has 2 aliphatic carbocycles. The summed E-state index contributed by atoms with van der Waals surface area (Å²) in [6.45, 7) is 2.28. The predicted octanol–water partition coefficient (Wildman–Crippen LogP) is 7.11. The summed E-state index contributed by atoms with van der Waals surface area (Å²) in [5.74, 6) is 2.11. The number of nitrogens with zero attached hydrogens (tertiary/aromatic N) is 1. The fourth-order valence-corrected chi connectivity index (χ4v) is 4.41. The van der Waals surface area contributed by atoms with Crippen LogP contribution >= 0.6 is 0 Å². The lowest BCUT2D eigenvalue weighted by Gasteiger charge is -2.28. The van der Waals surface area contributed by atoms with Crippen molar-refractivity contribution in [3.8, 4) is 6.07 Å². The Morgan fingerprint density at radius 3 is 2.00 bits per heavy atom. The number of unbranched alkanes of at least 4 members (excludes halogenated alkanes) is 2. The second-order valence-corrected chi connectivity index (χ2v) is 7.96. The van der Waals surface area contributed by atoms with Gasteiger partial charge in [0.2, 0.25) is 0 Å². The lowest BCUT2D eigenvalue weighted by molar-refractivity contribution is 0.287. The maximum Gasteiger partial charge on any atom is 0.196 e. The first kappa shape index (κ1) is 19.2. The predicted molar refractivity (Wildman–Crippen MR) is 99.0 cm³/mol. The van der Waals surface area contributed by atoms with Crippen LogP contribution < -0.4 is 0 Å². The monoisotopic (exact) mass is 331 g/mol. The molecule has 0 amide bonds. The molecule has 0 aromatic carbocycles. The zero-order valence-electron chi connectivity index (χ0n) is 15.4. The average Bonchev–Trinajstić information content (AvgIpc) is 2.62. The largest absolute Gasteiger partial charge is 0.196 e. The van der Waals surface area contributed by atoms with Gasteiger partial charge in [0.05, 0.1) is 0 Å². The molecule has 0 atom stereocenters. The van der Waals surface area contributed by atoms with Gasteiger partial charge in [0.1, 0.15) is 6.07 Å². The van der Waals surface area contributed by atoms with E-state index in [1.54, 1.807) is 6.07 Å². The Balaban J connectivity index is 1.64. The third-order valence-corrected chi connectivity index (χ3v) is 6.07. The van der Waals surface area contributed by atoms with Crippen molar-refractivity contribution in [1.29, 1.82) is 5.26 Å². The molecule has 134 valence electrons. The Labute approximate surface area is 148 Å². The first-order valence-electron chi connectivity index (χ1n) is 10.2. The highest BCUT2D eigenvalue weighted by molar-refractivity contribution is 5.13. The minimum Gasteiger partial charge on any atom is -0.195 e. The number of hydrogen-bond acceptors (Lipinski definition) is 1. The van der Waals surface area contributed by atoms with Gasteiger partial charge in [0.15, 0.2) is 5.83 Å². The first-order chi connectivity index (χ1) is 11.7. The maximum atomic E-state index is 13.0. The molecule has 0 unspecified atom stereocenters.